The Morgan fingerprint density at radius 1 is 1.29 bits per heavy atom. The van der Waals surface area contributed by atoms with Gasteiger partial charge in [-0.2, -0.15) is 5.10 Å². The highest BCUT2D eigenvalue weighted by Gasteiger charge is 2.12. The molecule has 0 saturated heterocycles. The molecule has 0 radical (unpaired) electrons. The summed E-state index contributed by atoms with van der Waals surface area (Å²) in [5.74, 6) is 1.46. The minimum atomic E-state index is 0.684. The van der Waals surface area contributed by atoms with Crippen molar-refractivity contribution in [1.29, 1.82) is 0 Å². The van der Waals surface area contributed by atoms with Crippen LogP contribution in [0, 0.1) is 11.8 Å². The lowest BCUT2D eigenvalue weighted by Gasteiger charge is -2.19. The maximum Gasteiger partial charge on any atom is 0.137 e. The molecular formula is C11H21N3. The summed E-state index contributed by atoms with van der Waals surface area (Å²) < 4.78 is 1.92. The molecule has 1 heterocycles. The molecule has 2 unspecified atom stereocenters. The first-order valence-corrected chi connectivity index (χ1v) is 5.56. The summed E-state index contributed by atoms with van der Waals surface area (Å²) in [6.45, 7) is 7.86. The van der Waals surface area contributed by atoms with E-state index in [2.05, 4.69) is 30.9 Å². The van der Waals surface area contributed by atoms with Gasteiger partial charge in [-0.25, -0.2) is 4.98 Å². The fraction of sp³-hybridized carbons (Fsp3) is 0.818. The molecule has 14 heavy (non-hydrogen) atoms. The predicted molar refractivity (Wildman–Crippen MR) is 57.9 cm³/mol. The van der Waals surface area contributed by atoms with Crippen molar-refractivity contribution in [3.05, 3.63) is 12.7 Å². The van der Waals surface area contributed by atoms with Gasteiger partial charge >= 0.3 is 0 Å². The van der Waals surface area contributed by atoms with Crippen molar-refractivity contribution >= 4 is 0 Å². The number of hydrogen-bond acceptors (Lipinski definition) is 2. The highest BCUT2D eigenvalue weighted by atomic mass is 15.3. The van der Waals surface area contributed by atoms with E-state index in [0.717, 1.165) is 12.5 Å². The molecule has 2 atom stereocenters. The van der Waals surface area contributed by atoms with Gasteiger partial charge in [-0.15, -0.1) is 0 Å². The average molecular weight is 195 g/mol. The van der Waals surface area contributed by atoms with Gasteiger partial charge in [0, 0.05) is 6.54 Å². The Hall–Kier alpha value is -0.860. The van der Waals surface area contributed by atoms with Crippen molar-refractivity contribution in [2.24, 2.45) is 11.8 Å². The molecule has 0 aliphatic carbocycles. The molecule has 1 rings (SSSR count). The van der Waals surface area contributed by atoms with Crippen LogP contribution in [0.2, 0.25) is 0 Å². The molecule has 0 N–H and O–H groups in total. The lowest BCUT2D eigenvalue weighted by molar-refractivity contribution is 0.305. The molecule has 0 saturated carbocycles. The quantitative estimate of drug-likeness (QED) is 0.698. The molecule has 0 fully saturated rings. The Labute approximate surface area is 86.5 Å². The summed E-state index contributed by atoms with van der Waals surface area (Å²) in [4.78, 5) is 3.95. The maximum atomic E-state index is 4.12. The van der Waals surface area contributed by atoms with Gasteiger partial charge in [0.2, 0.25) is 0 Å². The zero-order chi connectivity index (χ0) is 10.4. The standard InChI is InChI=1S/C11H21N3/c1-4-5-6-10(2)11(3)7-14-9-12-8-13-14/h8-11H,4-7H2,1-3H3. The zero-order valence-electron chi connectivity index (χ0n) is 9.48. The normalized spacial score (nSPS) is 15.4. The molecule has 0 bridgehead atoms. The Morgan fingerprint density at radius 3 is 2.64 bits per heavy atom. The zero-order valence-corrected chi connectivity index (χ0v) is 9.48. The van der Waals surface area contributed by atoms with E-state index in [0.29, 0.717) is 5.92 Å². The number of unbranched alkanes of at least 4 members (excludes halogenated alkanes) is 1. The molecule has 1 aromatic heterocycles. The van der Waals surface area contributed by atoms with Crippen molar-refractivity contribution in [3.63, 3.8) is 0 Å². The Balaban J connectivity index is 2.30. The predicted octanol–water partition coefficient (Wildman–Crippen LogP) is 2.74. The van der Waals surface area contributed by atoms with Crippen LogP contribution in [0.1, 0.15) is 40.0 Å². The Kier molecular flexibility index (Phi) is 4.63. The lowest BCUT2D eigenvalue weighted by atomic mass is 9.91. The average Bonchev–Trinajstić information content (AvgIpc) is 2.66. The highest BCUT2D eigenvalue weighted by Crippen LogP contribution is 2.18. The molecular weight excluding hydrogens is 174 g/mol. The van der Waals surface area contributed by atoms with Crippen LogP contribution in [0.15, 0.2) is 12.7 Å². The van der Waals surface area contributed by atoms with E-state index in [1.165, 1.54) is 19.3 Å². The summed E-state index contributed by atoms with van der Waals surface area (Å²) in [6, 6.07) is 0. The SMILES string of the molecule is CCCCC(C)C(C)Cn1cncn1. The van der Waals surface area contributed by atoms with E-state index in [-0.39, 0.29) is 0 Å². The van der Waals surface area contributed by atoms with Crippen LogP contribution in [0.5, 0.6) is 0 Å². The number of aromatic nitrogens is 3. The van der Waals surface area contributed by atoms with Crippen LogP contribution in [0.3, 0.4) is 0 Å². The molecule has 3 heteroatoms. The molecule has 80 valence electrons. The van der Waals surface area contributed by atoms with Crippen molar-refractivity contribution < 1.29 is 0 Å². The third-order valence-corrected chi connectivity index (χ3v) is 2.93. The van der Waals surface area contributed by atoms with Gasteiger partial charge in [0.15, 0.2) is 0 Å². The van der Waals surface area contributed by atoms with Gasteiger partial charge in [-0.05, 0) is 11.8 Å². The lowest BCUT2D eigenvalue weighted by Crippen LogP contribution is -2.15. The third-order valence-electron chi connectivity index (χ3n) is 2.93. The smallest absolute Gasteiger partial charge is 0.137 e. The first kappa shape index (κ1) is 11.2. The monoisotopic (exact) mass is 195 g/mol. The second-order valence-corrected chi connectivity index (χ2v) is 4.21. The molecule has 0 aliphatic heterocycles. The summed E-state index contributed by atoms with van der Waals surface area (Å²) in [6.07, 6.45) is 7.35. The number of hydrogen-bond donors (Lipinski definition) is 0. The molecule has 3 nitrogen and oxygen atoms in total. The van der Waals surface area contributed by atoms with Crippen LogP contribution in [0.4, 0.5) is 0 Å². The number of nitrogens with zero attached hydrogens (tertiary/aromatic N) is 3. The largest absolute Gasteiger partial charge is 0.253 e. The van der Waals surface area contributed by atoms with Crippen molar-refractivity contribution in [3.8, 4) is 0 Å². The fourth-order valence-electron chi connectivity index (χ4n) is 1.61. The van der Waals surface area contributed by atoms with Crippen LogP contribution in [0.25, 0.3) is 0 Å². The summed E-state index contributed by atoms with van der Waals surface area (Å²) in [7, 11) is 0. The molecule has 0 aliphatic rings. The van der Waals surface area contributed by atoms with E-state index in [9.17, 15) is 0 Å². The number of rotatable bonds is 6. The van der Waals surface area contributed by atoms with Gasteiger partial charge in [0.1, 0.15) is 12.7 Å². The van der Waals surface area contributed by atoms with Gasteiger partial charge < -0.3 is 0 Å². The first-order valence-electron chi connectivity index (χ1n) is 5.56. The van der Waals surface area contributed by atoms with Crippen molar-refractivity contribution in [2.45, 2.75) is 46.6 Å². The summed E-state index contributed by atoms with van der Waals surface area (Å²) in [5.41, 5.74) is 0. The summed E-state index contributed by atoms with van der Waals surface area (Å²) >= 11 is 0. The van der Waals surface area contributed by atoms with Crippen LogP contribution < -0.4 is 0 Å². The molecule has 1 aromatic rings. The van der Waals surface area contributed by atoms with Gasteiger partial charge in [0.25, 0.3) is 0 Å². The maximum absolute atomic E-state index is 4.12. The van der Waals surface area contributed by atoms with Gasteiger partial charge in [0.05, 0.1) is 0 Å². The first-order chi connectivity index (χ1) is 6.74. The Morgan fingerprint density at radius 2 is 2.07 bits per heavy atom. The van der Waals surface area contributed by atoms with Crippen molar-refractivity contribution in [2.75, 3.05) is 0 Å². The van der Waals surface area contributed by atoms with E-state index < -0.39 is 0 Å². The topological polar surface area (TPSA) is 30.7 Å². The minimum Gasteiger partial charge on any atom is -0.253 e. The second-order valence-electron chi connectivity index (χ2n) is 4.21. The van der Waals surface area contributed by atoms with Crippen LogP contribution >= 0.6 is 0 Å². The van der Waals surface area contributed by atoms with Gasteiger partial charge in [-0.1, -0.05) is 40.0 Å². The second kappa shape index (κ2) is 5.78. The Bertz CT molecular complexity index is 231. The van der Waals surface area contributed by atoms with Crippen LogP contribution in [-0.2, 0) is 6.54 Å². The van der Waals surface area contributed by atoms with Crippen molar-refractivity contribution in [1.82, 2.24) is 14.8 Å². The minimum absolute atomic E-state index is 0.684. The van der Waals surface area contributed by atoms with E-state index in [1.807, 2.05) is 4.68 Å². The molecule has 0 spiro atoms. The molecule has 0 aromatic carbocycles. The third kappa shape index (κ3) is 3.48. The fourth-order valence-corrected chi connectivity index (χ4v) is 1.61. The van der Waals surface area contributed by atoms with Crippen LogP contribution in [-0.4, -0.2) is 14.8 Å². The van der Waals surface area contributed by atoms with E-state index >= 15 is 0 Å². The highest BCUT2D eigenvalue weighted by molar-refractivity contribution is 4.64. The molecule has 0 amide bonds. The summed E-state index contributed by atoms with van der Waals surface area (Å²) in [5, 5.41) is 4.12. The van der Waals surface area contributed by atoms with Gasteiger partial charge in [-0.3, -0.25) is 4.68 Å². The van der Waals surface area contributed by atoms with E-state index in [4.69, 9.17) is 0 Å². The van der Waals surface area contributed by atoms with E-state index in [1.54, 1.807) is 12.7 Å².